The number of rotatable bonds is 20. The first-order valence-electron chi connectivity index (χ1n) is 24.7. The number of unbranched alkanes of at least 4 members (excludes halogenated alkanes) is 1. The number of halogens is 1. The molecule has 0 saturated carbocycles. The van der Waals surface area contributed by atoms with E-state index in [0.29, 0.717) is 55.8 Å². The number of aliphatic hydroxyl groups is 2. The summed E-state index contributed by atoms with van der Waals surface area (Å²) in [6, 6.07) is 8.82. The number of hydrogen-bond acceptors (Lipinski definition) is 13. The second-order valence-corrected chi connectivity index (χ2v) is 21.6. The Morgan fingerprint density at radius 1 is 1.01 bits per heavy atom. The molecule has 2 aromatic carbocycles. The van der Waals surface area contributed by atoms with Gasteiger partial charge in [0.1, 0.15) is 36.7 Å². The van der Waals surface area contributed by atoms with Gasteiger partial charge >= 0.3 is 0 Å². The van der Waals surface area contributed by atoms with E-state index in [9.17, 15) is 39.0 Å². The molecule has 6 amide bonds. The molecule has 0 radical (unpaired) electrons. The summed E-state index contributed by atoms with van der Waals surface area (Å²) in [5.74, 6) is -1.81. The number of ether oxygens (including phenoxy) is 1. The predicted molar refractivity (Wildman–Crippen MR) is 271 cm³/mol. The highest BCUT2D eigenvalue weighted by Gasteiger charge is 2.46. The number of carbonyl (C=O) groups excluding carboxylic acids is 6. The van der Waals surface area contributed by atoms with Crippen LogP contribution in [0.25, 0.3) is 10.4 Å². The molecule has 3 aromatic rings. The summed E-state index contributed by atoms with van der Waals surface area (Å²) in [6.07, 6.45) is 1.59. The average Bonchev–Trinajstić information content (AvgIpc) is 4.06. The lowest BCUT2D eigenvalue weighted by Crippen LogP contribution is -2.59. The number of hydrogen-bond donors (Lipinski definition) is 7. The van der Waals surface area contributed by atoms with Crippen molar-refractivity contribution >= 4 is 58.4 Å². The van der Waals surface area contributed by atoms with Crippen molar-refractivity contribution in [3.8, 4) is 16.2 Å². The zero-order valence-corrected chi connectivity index (χ0v) is 43.3. The van der Waals surface area contributed by atoms with Gasteiger partial charge in [-0.25, -0.2) is 4.98 Å². The van der Waals surface area contributed by atoms with E-state index in [2.05, 4.69) is 20.9 Å². The normalized spacial score (nSPS) is 22.2. The first-order chi connectivity index (χ1) is 33.6. The number of likely N-dealkylation sites (tertiary alicyclic amines) is 1. The summed E-state index contributed by atoms with van der Waals surface area (Å²) in [6.45, 7) is 11.4. The minimum absolute atomic E-state index is 0.0184. The monoisotopic (exact) mass is 1020 g/mol. The Morgan fingerprint density at radius 2 is 1.75 bits per heavy atom. The number of nitrogens with one attached hydrogen (secondary N) is 3. The predicted octanol–water partition coefficient (Wildman–Crippen LogP) is 3.71. The fourth-order valence-corrected chi connectivity index (χ4v) is 10.9. The largest absolute Gasteiger partial charge is 0.490 e. The lowest BCUT2D eigenvalue weighted by Gasteiger charge is -2.37. The second-order valence-electron chi connectivity index (χ2n) is 20.3. The Hall–Kier alpha value is -5.18. The van der Waals surface area contributed by atoms with Crippen molar-refractivity contribution in [2.75, 3.05) is 26.2 Å². The van der Waals surface area contributed by atoms with Crippen LogP contribution in [-0.4, -0.2) is 140 Å². The van der Waals surface area contributed by atoms with Gasteiger partial charge in [-0.15, -0.1) is 11.3 Å². The fourth-order valence-electron chi connectivity index (χ4n) is 9.82. The lowest BCUT2D eigenvalue weighted by atomic mass is 9.85. The van der Waals surface area contributed by atoms with Crippen LogP contribution in [0.3, 0.4) is 0 Å². The molecule has 0 aliphatic carbocycles. The van der Waals surface area contributed by atoms with Crippen LogP contribution in [0.2, 0.25) is 5.02 Å². The van der Waals surface area contributed by atoms with E-state index in [1.54, 1.807) is 33.3 Å². The van der Waals surface area contributed by atoms with Crippen LogP contribution < -0.4 is 32.2 Å². The van der Waals surface area contributed by atoms with Crippen molar-refractivity contribution in [2.24, 2.45) is 16.9 Å². The molecule has 9 N–H and O–H groups in total. The molecule has 4 heterocycles. The van der Waals surface area contributed by atoms with E-state index in [-0.39, 0.29) is 81.1 Å². The van der Waals surface area contributed by atoms with Crippen molar-refractivity contribution in [1.29, 1.82) is 0 Å². The number of amides is 6. The van der Waals surface area contributed by atoms with Gasteiger partial charge in [-0.3, -0.25) is 34.1 Å². The summed E-state index contributed by atoms with van der Waals surface area (Å²) >= 11 is 8.43. The fraction of sp³-hybridized carbons (Fsp3) is 0.588. The molecule has 18 nitrogen and oxygen atoms in total. The molecule has 3 aliphatic heterocycles. The Balaban J connectivity index is 0.998. The van der Waals surface area contributed by atoms with Gasteiger partial charge in [0.05, 0.1) is 39.3 Å². The number of aromatic nitrogens is 1. The summed E-state index contributed by atoms with van der Waals surface area (Å²) in [5, 5.41) is 31.7. The van der Waals surface area contributed by atoms with Crippen LogP contribution in [0, 0.1) is 12.3 Å². The van der Waals surface area contributed by atoms with Crippen molar-refractivity contribution in [2.45, 2.75) is 160 Å². The third kappa shape index (κ3) is 14.3. The Bertz CT molecular complexity index is 2360. The van der Waals surface area contributed by atoms with Crippen molar-refractivity contribution in [3.05, 3.63) is 69.8 Å². The second kappa shape index (κ2) is 24.5. The van der Waals surface area contributed by atoms with E-state index in [1.165, 1.54) is 11.8 Å². The molecule has 3 aliphatic rings. The molecule has 3 fully saturated rings. The topological polar surface area (TPSA) is 263 Å². The molecule has 0 bridgehead atoms. The average molecular weight is 1020 g/mol. The molecule has 388 valence electrons. The van der Waals surface area contributed by atoms with Gasteiger partial charge in [-0.05, 0) is 93.4 Å². The molecule has 3 saturated heterocycles. The van der Waals surface area contributed by atoms with E-state index in [1.807, 2.05) is 70.5 Å². The SMILES string of the molecule is CC(=O)N1CC[C@H]2CC[C@@H](C(=O)N[C@@H](CCC(N)=O)COc3cccc(CCCCC(=O)N[C@H](C(=O)N4C[C@H](O)C[C@H]4C(O)N[C@@H](C)c4ccc(-c5scnc5C)cc4)C(C)(C)C)c3Cl)N2C(=O)[C@@H](N)C1. The van der Waals surface area contributed by atoms with Crippen LogP contribution in [-0.2, 0) is 35.2 Å². The number of benzene rings is 2. The summed E-state index contributed by atoms with van der Waals surface area (Å²) < 4.78 is 6.15. The highest BCUT2D eigenvalue weighted by atomic mass is 35.5. The zero-order chi connectivity index (χ0) is 51.7. The number of fused-ring (bicyclic) bond motifs is 1. The maximum atomic E-state index is 14.3. The van der Waals surface area contributed by atoms with Gasteiger partial charge in [0.2, 0.25) is 35.4 Å². The molecule has 1 aromatic heterocycles. The summed E-state index contributed by atoms with van der Waals surface area (Å²) in [5.41, 5.74) is 16.6. The van der Waals surface area contributed by atoms with Crippen LogP contribution in [0.1, 0.15) is 115 Å². The standard InChI is InChI=1S/C51H72ClN9O9S/c1-29(32-14-16-34(17-15-32)45-30(2)55-28-71-45)56-48(67)40-24-37(63)25-60(40)50(69)46(51(4,5)6)58-43(65)13-8-7-10-33-11-9-12-41(44(33)52)70-27-35(18-21-42(54)64)57-47(66)39-20-19-36-22-23-59(31(3)62)26-38(53)49(68)61(36)39/h9,11-12,14-17,28-29,35-40,46,48,56,63,67H,7-8,10,13,18-27,53H2,1-6H3,(H2,54,64)(H,57,66)(H,58,65)/t29-,35-,36+,37+,38-,39-,40-,46+,48?/m0/s1. The van der Waals surface area contributed by atoms with Gasteiger partial charge in [0, 0.05) is 51.5 Å². The van der Waals surface area contributed by atoms with Crippen molar-refractivity contribution < 1.29 is 43.7 Å². The number of primary amides is 1. The number of carbonyl (C=O) groups is 6. The zero-order valence-electron chi connectivity index (χ0n) is 41.7. The molecular weight excluding hydrogens is 950 g/mol. The minimum Gasteiger partial charge on any atom is -0.490 e. The quantitative estimate of drug-likeness (QED) is 0.0631. The first kappa shape index (κ1) is 55.1. The van der Waals surface area contributed by atoms with Gasteiger partial charge in [0.15, 0.2) is 0 Å². The lowest BCUT2D eigenvalue weighted by molar-refractivity contribution is -0.144. The highest BCUT2D eigenvalue weighted by Crippen LogP contribution is 2.33. The Morgan fingerprint density at radius 3 is 2.41 bits per heavy atom. The first-order valence-corrected chi connectivity index (χ1v) is 25.9. The van der Waals surface area contributed by atoms with Gasteiger partial charge in [-0.2, -0.15) is 0 Å². The van der Waals surface area contributed by atoms with Gasteiger partial charge in [-0.1, -0.05) is 68.8 Å². The summed E-state index contributed by atoms with van der Waals surface area (Å²) in [7, 11) is 0. The molecule has 6 rings (SSSR count). The minimum atomic E-state index is -1.15. The Labute approximate surface area is 425 Å². The van der Waals surface area contributed by atoms with Crippen LogP contribution >= 0.6 is 22.9 Å². The maximum Gasteiger partial charge on any atom is 0.246 e. The number of aryl methyl sites for hydroxylation is 2. The number of thiazole rings is 1. The smallest absolute Gasteiger partial charge is 0.246 e. The number of β-amino-alcohol motifs (C(OH)–C–C–N with tert-alkyl or cyclic N) is 1. The van der Waals surface area contributed by atoms with Crippen LogP contribution in [0.5, 0.6) is 5.75 Å². The molecule has 1 unspecified atom stereocenters. The number of nitrogens with two attached hydrogens (primary N) is 2. The number of aliphatic hydroxyl groups excluding tert-OH is 2. The molecule has 71 heavy (non-hydrogen) atoms. The van der Waals surface area contributed by atoms with E-state index in [4.69, 9.17) is 27.8 Å². The van der Waals surface area contributed by atoms with Crippen molar-refractivity contribution in [1.82, 2.24) is 35.6 Å². The molecule has 9 atom stereocenters. The van der Waals surface area contributed by atoms with Gasteiger partial charge < -0.3 is 51.8 Å². The number of nitrogens with zero attached hydrogens (tertiary/aromatic N) is 4. The Kier molecular flexibility index (Phi) is 19.0. The maximum absolute atomic E-state index is 14.3. The molecule has 20 heteroatoms. The van der Waals surface area contributed by atoms with Crippen LogP contribution in [0.4, 0.5) is 0 Å². The van der Waals surface area contributed by atoms with Gasteiger partial charge in [0.25, 0.3) is 0 Å². The third-order valence-corrected chi connectivity index (χ3v) is 15.3. The summed E-state index contributed by atoms with van der Waals surface area (Å²) in [4.78, 5) is 89.0. The van der Waals surface area contributed by atoms with E-state index in [0.717, 1.165) is 27.3 Å². The molecular formula is C51H72ClN9O9S. The highest BCUT2D eigenvalue weighted by molar-refractivity contribution is 7.13. The van der Waals surface area contributed by atoms with E-state index >= 15 is 0 Å². The van der Waals surface area contributed by atoms with E-state index < -0.39 is 59.8 Å². The third-order valence-electron chi connectivity index (χ3n) is 13.9. The molecule has 0 spiro atoms. The van der Waals surface area contributed by atoms with Crippen LogP contribution in [0.15, 0.2) is 48.0 Å². The van der Waals surface area contributed by atoms with Crippen molar-refractivity contribution in [3.63, 3.8) is 0 Å².